The van der Waals surface area contributed by atoms with E-state index in [-0.39, 0.29) is 6.09 Å². The molecule has 5 heteroatoms. The number of thioether (sulfide) groups is 1. The summed E-state index contributed by atoms with van der Waals surface area (Å²) in [7, 11) is 0. The van der Waals surface area contributed by atoms with Crippen LogP contribution in [0, 0.1) is 0 Å². The molecule has 0 saturated carbocycles. The van der Waals surface area contributed by atoms with E-state index >= 15 is 0 Å². The molecule has 0 aliphatic heterocycles. The summed E-state index contributed by atoms with van der Waals surface area (Å²) in [5.41, 5.74) is -0.403. The van der Waals surface area contributed by atoms with Crippen molar-refractivity contribution in [2.24, 2.45) is 0 Å². The molecule has 1 N–H and O–H groups in total. The summed E-state index contributed by atoms with van der Waals surface area (Å²) in [6, 6.07) is 0. The molecule has 0 radical (unpaired) electrons. The van der Waals surface area contributed by atoms with E-state index in [2.05, 4.69) is 23.0 Å². The minimum absolute atomic E-state index is 0.321. The molecule has 0 atom stereocenters. The second kappa shape index (κ2) is 8.38. The zero-order valence-corrected chi connectivity index (χ0v) is 11.1. The van der Waals surface area contributed by atoms with Crippen LogP contribution in [0.4, 0.5) is 4.79 Å². The summed E-state index contributed by atoms with van der Waals surface area (Å²) < 4.78 is 5.11. The Morgan fingerprint density at radius 2 is 2.07 bits per heavy atom. The minimum atomic E-state index is -0.403. The van der Waals surface area contributed by atoms with E-state index in [1.54, 1.807) is 0 Å². The van der Waals surface area contributed by atoms with E-state index < -0.39 is 5.60 Å². The molecule has 0 unspecified atom stereocenters. The quantitative estimate of drug-likeness (QED) is 0.556. The molecule has 0 saturated heterocycles. The van der Waals surface area contributed by atoms with Crippen molar-refractivity contribution in [1.82, 2.24) is 5.32 Å². The third-order valence-electron chi connectivity index (χ3n) is 1.56. The van der Waals surface area contributed by atoms with Crippen LogP contribution in [0.15, 0.2) is 0 Å². The van der Waals surface area contributed by atoms with Crippen molar-refractivity contribution in [3.63, 3.8) is 0 Å². The van der Waals surface area contributed by atoms with E-state index in [4.69, 9.17) is 4.74 Å². The molecule has 0 aliphatic carbocycles. The van der Waals surface area contributed by atoms with Gasteiger partial charge in [-0.05, 0) is 0 Å². The second-order valence-electron chi connectivity index (χ2n) is 4.39. The van der Waals surface area contributed by atoms with Crippen LogP contribution in [0.2, 0.25) is 5.09 Å². The van der Waals surface area contributed by atoms with Gasteiger partial charge in [-0.25, -0.2) is 0 Å². The van der Waals surface area contributed by atoms with Gasteiger partial charge in [-0.2, -0.15) is 0 Å². The number of ether oxygens (including phenoxy) is 1. The van der Waals surface area contributed by atoms with Crippen LogP contribution in [0.25, 0.3) is 0 Å². The van der Waals surface area contributed by atoms with Gasteiger partial charge in [0.2, 0.25) is 0 Å². The average molecular weight is 225 g/mol. The molecule has 0 rings (SSSR count). The number of rotatable bonds is 6. The van der Waals surface area contributed by atoms with Gasteiger partial charge >= 0.3 is 106 Å². The van der Waals surface area contributed by atoms with Crippen molar-refractivity contribution >= 4 is 35.6 Å². The van der Waals surface area contributed by atoms with Crippen molar-refractivity contribution in [2.75, 3.05) is 18.1 Å². The summed E-state index contributed by atoms with van der Waals surface area (Å²) in [4.78, 5) is 11.2. The Balaban J connectivity index is 3.32. The van der Waals surface area contributed by atoms with E-state index in [1.807, 2.05) is 32.5 Å². The summed E-state index contributed by atoms with van der Waals surface area (Å²) in [6.45, 7) is 6.27. The third kappa shape index (κ3) is 12.1. The Morgan fingerprint density at radius 3 is 2.60 bits per heavy atom. The van der Waals surface area contributed by atoms with Crippen molar-refractivity contribution in [3.8, 4) is 0 Å². The van der Waals surface area contributed by atoms with Crippen LogP contribution >= 0.6 is 11.8 Å². The first-order valence-electron chi connectivity index (χ1n) is 5.50. The van der Waals surface area contributed by atoms with Crippen molar-refractivity contribution in [2.45, 2.75) is 37.9 Å². The number of nitrogens with one attached hydrogen (secondary N) is 1. The standard InChI is InChI=1S/C10H20NO2S.Li/c1-5-7-14-8-6-11-9(12)13-10(2,3)4;/h1,5-8H2,2-4H3,(H,11,12);. The van der Waals surface area contributed by atoms with Gasteiger partial charge < -0.3 is 0 Å². The molecule has 84 valence electrons. The van der Waals surface area contributed by atoms with Crippen molar-refractivity contribution in [1.29, 1.82) is 0 Å². The zero-order chi connectivity index (χ0) is 11.7. The van der Waals surface area contributed by atoms with Crippen LogP contribution in [0.3, 0.4) is 0 Å². The van der Waals surface area contributed by atoms with E-state index in [0.717, 1.165) is 5.75 Å². The molecule has 0 fully saturated rings. The Kier molecular flexibility index (Phi) is 8.50. The Morgan fingerprint density at radius 1 is 1.40 bits per heavy atom. The number of carbonyl (C=O) groups is 1. The SMILES string of the molecule is [Li][CH2]CCSCCNC(=O)OC(C)(C)C. The van der Waals surface area contributed by atoms with Crippen molar-refractivity contribution < 1.29 is 9.53 Å². The van der Waals surface area contributed by atoms with E-state index in [9.17, 15) is 4.79 Å². The fourth-order valence-electron chi connectivity index (χ4n) is 0.888. The number of alkyl carbamates (subject to hydrolysis) is 1. The van der Waals surface area contributed by atoms with Crippen LogP contribution in [-0.2, 0) is 4.74 Å². The van der Waals surface area contributed by atoms with Gasteiger partial charge in [-0.3, -0.25) is 0 Å². The predicted octanol–water partition coefficient (Wildman–Crippen LogP) is 2.22. The van der Waals surface area contributed by atoms with Gasteiger partial charge in [-0.15, -0.1) is 0 Å². The molecule has 0 bridgehead atoms. The first kappa shape index (κ1) is 15.2. The molecule has 0 heterocycles. The fourth-order valence-corrected chi connectivity index (χ4v) is 1.83. The Bertz CT molecular complexity index is 183. The molecule has 0 aliphatic rings. The van der Waals surface area contributed by atoms with Gasteiger partial charge in [-0.1, -0.05) is 0 Å². The van der Waals surface area contributed by atoms with Gasteiger partial charge in [0.1, 0.15) is 0 Å². The van der Waals surface area contributed by atoms with Crippen LogP contribution in [0.1, 0.15) is 27.2 Å². The molecule has 1 amide bonds. The van der Waals surface area contributed by atoms with Crippen LogP contribution in [-0.4, -0.2) is 47.5 Å². The third-order valence-corrected chi connectivity index (χ3v) is 2.63. The van der Waals surface area contributed by atoms with Crippen LogP contribution < -0.4 is 5.32 Å². The maximum atomic E-state index is 11.2. The Hall–Kier alpha value is 0.217. The average Bonchev–Trinajstić information content (AvgIpc) is 2.08. The maximum absolute atomic E-state index is 11.2. The Labute approximate surface area is 106 Å². The fraction of sp³-hybridized carbons (Fsp3) is 0.900. The first-order chi connectivity index (χ1) is 6.95. The molecule has 0 spiro atoms. The van der Waals surface area contributed by atoms with E-state index in [0.29, 0.717) is 6.54 Å². The monoisotopic (exact) mass is 225 g/mol. The summed E-state index contributed by atoms with van der Waals surface area (Å²) in [5, 5.41) is 3.96. The van der Waals surface area contributed by atoms with Crippen LogP contribution in [0.5, 0.6) is 0 Å². The van der Waals surface area contributed by atoms with Gasteiger partial charge in [0.25, 0.3) is 0 Å². The van der Waals surface area contributed by atoms with Gasteiger partial charge in [0.05, 0.1) is 0 Å². The molecular formula is C10H20LiNO2S. The summed E-state index contributed by atoms with van der Waals surface area (Å²) in [5.74, 6) is 2.13. The molecular weight excluding hydrogens is 205 g/mol. The normalized spacial score (nSPS) is 11.3. The van der Waals surface area contributed by atoms with Gasteiger partial charge in [0, 0.05) is 0 Å². The predicted molar refractivity (Wildman–Crippen MR) is 66.7 cm³/mol. The second-order valence-corrected chi connectivity index (χ2v) is 5.62. The topological polar surface area (TPSA) is 38.3 Å². The molecule has 0 aromatic heterocycles. The number of hydrogen-bond acceptors (Lipinski definition) is 3. The number of amides is 1. The zero-order valence-electron chi connectivity index (χ0n) is 10.3. The van der Waals surface area contributed by atoms with Gasteiger partial charge in [0.15, 0.2) is 0 Å². The molecule has 3 nitrogen and oxygen atoms in total. The molecule has 0 aromatic carbocycles. The summed E-state index contributed by atoms with van der Waals surface area (Å²) in [6.07, 6.45) is 0.926. The first-order valence-corrected chi connectivity index (χ1v) is 6.66. The summed E-state index contributed by atoms with van der Waals surface area (Å²) >= 11 is 4.05. The number of carbonyl (C=O) groups excluding carboxylic acids is 1. The number of hydrogen-bond donors (Lipinski definition) is 1. The van der Waals surface area contributed by atoms with E-state index in [1.165, 1.54) is 17.3 Å². The van der Waals surface area contributed by atoms with Crippen molar-refractivity contribution in [3.05, 3.63) is 0 Å². The molecule has 0 aromatic rings. The molecule has 15 heavy (non-hydrogen) atoms.